The highest BCUT2D eigenvalue weighted by Gasteiger charge is 2.41. The molecule has 1 saturated carbocycles. The Kier molecular flexibility index (Phi) is 4.26. The Morgan fingerprint density at radius 1 is 1.06 bits per heavy atom. The standard InChI is InChI=1S/C14H28N2/c1-12(2)10-13-14(16-11-15-13)8-6-4-3-5-7-9-14/h12-13,15-16H,3-11H2,1-2H3. The lowest BCUT2D eigenvalue weighted by molar-refractivity contribution is 0.230. The molecule has 2 rings (SSSR count). The van der Waals surface area contributed by atoms with Crippen molar-refractivity contribution < 1.29 is 0 Å². The van der Waals surface area contributed by atoms with Gasteiger partial charge in [-0.2, -0.15) is 0 Å². The lowest BCUT2D eigenvalue weighted by atomic mass is 9.77. The molecule has 0 aromatic carbocycles. The van der Waals surface area contributed by atoms with Crippen LogP contribution in [0, 0.1) is 5.92 Å². The number of rotatable bonds is 2. The molecule has 94 valence electrons. The first kappa shape index (κ1) is 12.4. The molecule has 1 aliphatic carbocycles. The largest absolute Gasteiger partial charge is 0.300 e. The van der Waals surface area contributed by atoms with Crippen LogP contribution in [0.15, 0.2) is 0 Å². The molecule has 0 amide bonds. The third-order valence-corrected chi connectivity index (χ3v) is 4.41. The van der Waals surface area contributed by atoms with Crippen molar-refractivity contribution in [2.75, 3.05) is 6.67 Å². The Morgan fingerprint density at radius 3 is 2.31 bits per heavy atom. The maximum Gasteiger partial charge on any atom is 0.0461 e. The Labute approximate surface area is 101 Å². The summed E-state index contributed by atoms with van der Waals surface area (Å²) in [6.45, 7) is 5.71. The summed E-state index contributed by atoms with van der Waals surface area (Å²) in [4.78, 5) is 0. The zero-order chi connectivity index (χ0) is 11.4. The minimum Gasteiger partial charge on any atom is -0.300 e. The molecule has 1 saturated heterocycles. The van der Waals surface area contributed by atoms with Crippen molar-refractivity contribution in [3.05, 3.63) is 0 Å². The van der Waals surface area contributed by atoms with E-state index < -0.39 is 0 Å². The van der Waals surface area contributed by atoms with Gasteiger partial charge in [0.15, 0.2) is 0 Å². The van der Waals surface area contributed by atoms with E-state index in [2.05, 4.69) is 24.5 Å². The molecule has 0 aromatic rings. The Morgan fingerprint density at radius 2 is 1.69 bits per heavy atom. The zero-order valence-corrected chi connectivity index (χ0v) is 11.0. The van der Waals surface area contributed by atoms with E-state index in [9.17, 15) is 0 Å². The maximum atomic E-state index is 3.78. The first-order valence-electron chi connectivity index (χ1n) is 7.21. The average molecular weight is 224 g/mol. The first-order chi connectivity index (χ1) is 7.73. The van der Waals surface area contributed by atoms with Gasteiger partial charge in [-0.25, -0.2) is 0 Å². The van der Waals surface area contributed by atoms with Gasteiger partial charge in [-0.3, -0.25) is 10.6 Å². The van der Waals surface area contributed by atoms with Gasteiger partial charge in [0.2, 0.25) is 0 Å². The van der Waals surface area contributed by atoms with Crippen molar-refractivity contribution >= 4 is 0 Å². The Hall–Kier alpha value is -0.0800. The van der Waals surface area contributed by atoms with E-state index in [4.69, 9.17) is 0 Å². The molecule has 1 atom stereocenters. The average Bonchev–Trinajstić information content (AvgIpc) is 2.55. The fraction of sp³-hybridized carbons (Fsp3) is 1.00. The van der Waals surface area contributed by atoms with Gasteiger partial charge < -0.3 is 0 Å². The van der Waals surface area contributed by atoms with E-state index in [-0.39, 0.29) is 0 Å². The van der Waals surface area contributed by atoms with Crippen molar-refractivity contribution in [1.29, 1.82) is 0 Å². The second-order valence-corrected chi connectivity index (χ2v) is 6.16. The minimum atomic E-state index is 0.435. The fourth-order valence-electron chi connectivity index (χ4n) is 3.51. The molecule has 2 N–H and O–H groups in total. The molecule has 1 heterocycles. The fourth-order valence-corrected chi connectivity index (χ4v) is 3.51. The topological polar surface area (TPSA) is 24.1 Å². The molecule has 2 nitrogen and oxygen atoms in total. The number of hydrogen-bond acceptors (Lipinski definition) is 2. The van der Waals surface area contributed by atoms with Crippen LogP contribution in [0.25, 0.3) is 0 Å². The molecule has 1 spiro atoms. The quantitative estimate of drug-likeness (QED) is 0.753. The van der Waals surface area contributed by atoms with E-state index in [0.717, 1.165) is 12.6 Å². The molecule has 0 radical (unpaired) electrons. The van der Waals surface area contributed by atoms with E-state index in [1.807, 2.05) is 0 Å². The van der Waals surface area contributed by atoms with Gasteiger partial charge in [-0.1, -0.05) is 46.0 Å². The maximum absolute atomic E-state index is 3.78. The molecule has 0 aromatic heterocycles. The molecule has 1 aliphatic heterocycles. The predicted molar refractivity (Wildman–Crippen MR) is 69.4 cm³/mol. The van der Waals surface area contributed by atoms with Crippen LogP contribution in [0.1, 0.15) is 65.2 Å². The van der Waals surface area contributed by atoms with Crippen LogP contribution in [0.2, 0.25) is 0 Å². The van der Waals surface area contributed by atoms with Gasteiger partial charge in [0.05, 0.1) is 0 Å². The molecule has 2 fully saturated rings. The molecular weight excluding hydrogens is 196 g/mol. The highest BCUT2D eigenvalue weighted by Crippen LogP contribution is 2.33. The second kappa shape index (κ2) is 5.50. The van der Waals surface area contributed by atoms with Gasteiger partial charge in [-0.15, -0.1) is 0 Å². The zero-order valence-electron chi connectivity index (χ0n) is 11.0. The van der Waals surface area contributed by atoms with Crippen LogP contribution in [0.5, 0.6) is 0 Å². The van der Waals surface area contributed by atoms with Gasteiger partial charge in [0.25, 0.3) is 0 Å². The van der Waals surface area contributed by atoms with Crippen molar-refractivity contribution in [2.45, 2.75) is 76.8 Å². The molecule has 2 aliphatic rings. The van der Waals surface area contributed by atoms with Crippen molar-refractivity contribution in [3.63, 3.8) is 0 Å². The highest BCUT2D eigenvalue weighted by atomic mass is 15.2. The summed E-state index contributed by atoms with van der Waals surface area (Å²) in [6, 6.07) is 0.714. The minimum absolute atomic E-state index is 0.435. The van der Waals surface area contributed by atoms with E-state index in [1.54, 1.807) is 0 Å². The monoisotopic (exact) mass is 224 g/mol. The Bertz CT molecular complexity index is 205. The van der Waals surface area contributed by atoms with Crippen LogP contribution in [0.4, 0.5) is 0 Å². The van der Waals surface area contributed by atoms with Crippen LogP contribution < -0.4 is 10.6 Å². The first-order valence-corrected chi connectivity index (χ1v) is 7.21. The van der Waals surface area contributed by atoms with Gasteiger partial charge >= 0.3 is 0 Å². The van der Waals surface area contributed by atoms with Crippen molar-refractivity contribution in [3.8, 4) is 0 Å². The summed E-state index contributed by atoms with van der Waals surface area (Å²) in [5.41, 5.74) is 0.435. The van der Waals surface area contributed by atoms with Gasteiger partial charge in [0.1, 0.15) is 0 Å². The molecule has 16 heavy (non-hydrogen) atoms. The van der Waals surface area contributed by atoms with Crippen LogP contribution in [0.3, 0.4) is 0 Å². The normalized spacial score (nSPS) is 30.6. The summed E-state index contributed by atoms with van der Waals surface area (Å²) < 4.78 is 0. The number of nitrogens with one attached hydrogen (secondary N) is 2. The lowest BCUT2D eigenvalue weighted by Crippen LogP contribution is -2.50. The summed E-state index contributed by atoms with van der Waals surface area (Å²) in [6.07, 6.45) is 11.3. The molecular formula is C14H28N2. The smallest absolute Gasteiger partial charge is 0.0461 e. The third kappa shape index (κ3) is 2.78. The summed E-state index contributed by atoms with van der Waals surface area (Å²) in [7, 11) is 0. The van der Waals surface area contributed by atoms with E-state index >= 15 is 0 Å². The Balaban J connectivity index is 2.00. The van der Waals surface area contributed by atoms with Crippen LogP contribution >= 0.6 is 0 Å². The van der Waals surface area contributed by atoms with Crippen LogP contribution in [-0.2, 0) is 0 Å². The van der Waals surface area contributed by atoms with E-state index in [1.165, 1.54) is 51.4 Å². The summed E-state index contributed by atoms with van der Waals surface area (Å²) >= 11 is 0. The third-order valence-electron chi connectivity index (χ3n) is 4.41. The SMILES string of the molecule is CC(C)CC1NCNC12CCCCCCC2. The van der Waals surface area contributed by atoms with Crippen LogP contribution in [-0.4, -0.2) is 18.2 Å². The van der Waals surface area contributed by atoms with Crippen molar-refractivity contribution in [2.24, 2.45) is 5.92 Å². The molecule has 2 heteroatoms. The van der Waals surface area contributed by atoms with Crippen molar-refractivity contribution in [1.82, 2.24) is 10.6 Å². The summed E-state index contributed by atoms with van der Waals surface area (Å²) in [5.74, 6) is 0.805. The number of hydrogen-bond donors (Lipinski definition) is 2. The second-order valence-electron chi connectivity index (χ2n) is 6.16. The highest BCUT2D eigenvalue weighted by molar-refractivity contribution is 5.03. The molecule has 1 unspecified atom stereocenters. The molecule has 0 bridgehead atoms. The predicted octanol–water partition coefficient (Wildman–Crippen LogP) is 3.03. The summed E-state index contributed by atoms with van der Waals surface area (Å²) in [5, 5.41) is 7.47. The lowest BCUT2D eigenvalue weighted by Gasteiger charge is -2.37. The van der Waals surface area contributed by atoms with E-state index in [0.29, 0.717) is 11.6 Å². The van der Waals surface area contributed by atoms with Gasteiger partial charge in [0, 0.05) is 18.2 Å². The van der Waals surface area contributed by atoms with Gasteiger partial charge in [-0.05, 0) is 25.2 Å².